The van der Waals surface area contributed by atoms with Crippen molar-refractivity contribution in [3.8, 4) is 0 Å². The van der Waals surface area contributed by atoms with Gasteiger partial charge in [-0.3, -0.25) is 9.59 Å². The molecule has 25 heavy (non-hydrogen) atoms. The molecule has 2 amide bonds. The van der Waals surface area contributed by atoms with E-state index in [0.717, 1.165) is 23.3 Å². The molecule has 3 aromatic rings. The van der Waals surface area contributed by atoms with Crippen molar-refractivity contribution in [2.75, 3.05) is 11.9 Å². The monoisotopic (exact) mass is 352 g/mol. The van der Waals surface area contributed by atoms with Crippen molar-refractivity contribution in [2.24, 2.45) is 0 Å². The fraction of sp³-hybridized carbons (Fsp3) is 0.111. The van der Waals surface area contributed by atoms with Crippen LogP contribution in [0.25, 0.3) is 0 Å². The first-order valence-electron chi connectivity index (χ1n) is 7.74. The first-order chi connectivity index (χ1) is 12.2. The number of nitrogens with one attached hydrogen (secondary N) is 2. The average Bonchev–Trinajstić information content (AvgIpc) is 3.14. The van der Waals surface area contributed by atoms with E-state index < -0.39 is 0 Å². The van der Waals surface area contributed by atoms with Gasteiger partial charge in [0.05, 0.1) is 0 Å². The molecule has 7 heteroatoms. The summed E-state index contributed by atoms with van der Waals surface area (Å²) in [6.07, 6.45) is 0.729. The first kappa shape index (κ1) is 16.8. The van der Waals surface area contributed by atoms with E-state index in [-0.39, 0.29) is 21.8 Å². The molecule has 0 fully saturated rings. The Balaban J connectivity index is 1.53. The molecule has 0 radical (unpaired) electrons. The third-order valence-electron chi connectivity index (χ3n) is 3.39. The molecule has 2 N–H and O–H groups in total. The predicted molar refractivity (Wildman–Crippen MR) is 96.8 cm³/mol. The highest BCUT2D eigenvalue weighted by Gasteiger charge is 2.17. The maximum Gasteiger partial charge on any atom is 0.286 e. The molecule has 0 saturated carbocycles. The second kappa shape index (κ2) is 8.16. The van der Waals surface area contributed by atoms with Crippen molar-refractivity contribution in [1.29, 1.82) is 0 Å². The fourth-order valence-corrected chi connectivity index (χ4v) is 2.81. The lowest BCUT2D eigenvalue weighted by molar-refractivity contribution is 0.0951. The highest BCUT2D eigenvalue weighted by atomic mass is 32.1. The number of amides is 2. The second-order valence-corrected chi connectivity index (χ2v) is 6.20. The smallest absolute Gasteiger partial charge is 0.286 e. The molecular formula is C18H16N4O2S. The van der Waals surface area contributed by atoms with E-state index in [0.29, 0.717) is 12.2 Å². The van der Waals surface area contributed by atoms with Crippen LogP contribution in [0.3, 0.4) is 0 Å². The van der Waals surface area contributed by atoms with Crippen LogP contribution in [0.2, 0.25) is 0 Å². The lowest BCUT2D eigenvalue weighted by Gasteiger charge is -2.02. The van der Waals surface area contributed by atoms with E-state index in [4.69, 9.17) is 0 Å². The van der Waals surface area contributed by atoms with E-state index in [2.05, 4.69) is 20.8 Å². The van der Waals surface area contributed by atoms with Crippen molar-refractivity contribution < 1.29 is 9.59 Å². The van der Waals surface area contributed by atoms with Crippen LogP contribution in [-0.4, -0.2) is 28.6 Å². The van der Waals surface area contributed by atoms with Gasteiger partial charge in [0.2, 0.25) is 10.0 Å². The topological polar surface area (TPSA) is 84.0 Å². The Labute approximate surface area is 148 Å². The molecule has 6 nitrogen and oxygen atoms in total. The molecule has 0 aliphatic carbocycles. The van der Waals surface area contributed by atoms with Gasteiger partial charge in [-0.15, -0.1) is 10.2 Å². The quantitative estimate of drug-likeness (QED) is 0.714. The lowest BCUT2D eigenvalue weighted by Crippen LogP contribution is -2.25. The minimum absolute atomic E-state index is 0.150. The highest BCUT2D eigenvalue weighted by molar-refractivity contribution is 7.15. The summed E-state index contributed by atoms with van der Waals surface area (Å²) in [6.45, 7) is 0.494. The zero-order valence-corrected chi connectivity index (χ0v) is 14.1. The number of rotatable bonds is 6. The van der Waals surface area contributed by atoms with Crippen molar-refractivity contribution >= 4 is 28.8 Å². The van der Waals surface area contributed by atoms with Gasteiger partial charge in [-0.05, 0) is 24.1 Å². The molecule has 2 aromatic carbocycles. The normalized spacial score (nSPS) is 10.2. The summed E-state index contributed by atoms with van der Waals surface area (Å²) < 4.78 is 0. The largest absolute Gasteiger partial charge is 0.350 e. The molecule has 0 aliphatic rings. The van der Waals surface area contributed by atoms with Gasteiger partial charge in [0.1, 0.15) is 0 Å². The van der Waals surface area contributed by atoms with Gasteiger partial charge < -0.3 is 10.6 Å². The number of carbonyl (C=O) groups is 2. The number of benzene rings is 2. The molecule has 0 spiro atoms. The summed E-state index contributed by atoms with van der Waals surface area (Å²) in [5, 5.41) is 13.4. The van der Waals surface area contributed by atoms with Crippen LogP contribution in [0.4, 0.5) is 5.69 Å². The molecule has 0 atom stereocenters. The first-order valence-corrected chi connectivity index (χ1v) is 8.56. The van der Waals surface area contributed by atoms with Gasteiger partial charge in [0.15, 0.2) is 0 Å². The van der Waals surface area contributed by atoms with E-state index >= 15 is 0 Å². The van der Waals surface area contributed by atoms with Crippen LogP contribution in [0.1, 0.15) is 25.2 Å². The van der Waals surface area contributed by atoms with Gasteiger partial charge in [-0.25, -0.2) is 0 Å². The van der Waals surface area contributed by atoms with E-state index in [1.54, 1.807) is 12.1 Å². The minimum atomic E-state index is -0.382. The van der Waals surface area contributed by atoms with Crippen LogP contribution in [0.5, 0.6) is 0 Å². The van der Waals surface area contributed by atoms with Gasteiger partial charge >= 0.3 is 0 Å². The number of hydrogen-bond donors (Lipinski definition) is 2. The SMILES string of the molecule is O=C(NCCc1ccccc1)c1nnc(C(=O)Nc2ccccc2)s1. The van der Waals surface area contributed by atoms with Crippen LogP contribution in [0.15, 0.2) is 60.7 Å². The summed E-state index contributed by atoms with van der Waals surface area (Å²) in [4.78, 5) is 24.2. The zero-order valence-electron chi connectivity index (χ0n) is 13.3. The maximum atomic E-state index is 12.1. The Kier molecular flexibility index (Phi) is 5.48. The standard InChI is InChI=1S/C18H16N4O2S/c23-15(19-12-11-13-7-3-1-4-8-13)17-21-22-18(25-17)16(24)20-14-9-5-2-6-10-14/h1-10H,11-12H2,(H,19,23)(H,20,24). The molecule has 126 valence electrons. The molecule has 3 rings (SSSR count). The third-order valence-corrected chi connectivity index (χ3v) is 4.31. The molecular weight excluding hydrogens is 336 g/mol. The number of nitrogens with zero attached hydrogens (tertiary/aromatic N) is 2. The molecule has 0 saturated heterocycles. The van der Waals surface area contributed by atoms with Gasteiger partial charge in [-0.2, -0.15) is 0 Å². The van der Waals surface area contributed by atoms with E-state index in [9.17, 15) is 9.59 Å². The maximum absolute atomic E-state index is 12.1. The van der Waals surface area contributed by atoms with Gasteiger partial charge in [0.25, 0.3) is 11.8 Å². The zero-order chi connectivity index (χ0) is 17.5. The fourth-order valence-electron chi connectivity index (χ4n) is 2.15. The number of carbonyl (C=O) groups excluding carboxylic acids is 2. The van der Waals surface area contributed by atoms with Crippen molar-refractivity contribution in [1.82, 2.24) is 15.5 Å². The average molecular weight is 352 g/mol. The lowest BCUT2D eigenvalue weighted by atomic mass is 10.1. The van der Waals surface area contributed by atoms with Crippen molar-refractivity contribution in [3.05, 3.63) is 76.2 Å². The second-order valence-electron chi connectivity index (χ2n) is 5.22. The van der Waals surface area contributed by atoms with E-state index in [1.165, 1.54) is 0 Å². The summed E-state index contributed by atoms with van der Waals surface area (Å²) in [5.74, 6) is -0.709. The van der Waals surface area contributed by atoms with Gasteiger partial charge in [-0.1, -0.05) is 59.9 Å². The van der Waals surface area contributed by atoms with Crippen LogP contribution in [-0.2, 0) is 6.42 Å². The molecule has 0 aliphatic heterocycles. The van der Waals surface area contributed by atoms with Crippen molar-refractivity contribution in [2.45, 2.75) is 6.42 Å². The Morgan fingerprint density at radius 1 is 0.840 bits per heavy atom. The molecule has 0 unspecified atom stereocenters. The summed E-state index contributed by atoms with van der Waals surface area (Å²) in [6, 6.07) is 18.9. The Morgan fingerprint density at radius 2 is 1.44 bits per heavy atom. The highest BCUT2D eigenvalue weighted by Crippen LogP contribution is 2.13. The third kappa shape index (κ3) is 4.71. The van der Waals surface area contributed by atoms with Crippen LogP contribution >= 0.6 is 11.3 Å². The summed E-state index contributed by atoms with van der Waals surface area (Å²) >= 11 is 0.968. The Hall–Kier alpha value is -3.06. The van der Waals surface area contributed by atoms with Crippen LogP contribution < -0.4 is 10.6 Å². The molecule has 1 heterocycles. The van der Waals surface area contributed by atoms with Crippen LogP contribution in [0, 0.1) is 0 Å². The molecule has 0 bridgehead atoms. The summed E-state index contributed by atoms with van der Waals surface area (Å²) in [5.41, 5.74) is 1.81. The Bertz CT molecular complexity index is 850. The minimum Gasteiger partial charge on any atom is -0.350 e. The number of hydrogen-bond acceptors (Lipinski definition) is 5. The van der Waals surface area contributed by atoms with E-state index in [1.807, 2.05) is 48.5 Å². The molecule has 1 aromatic heterocycles. The predicted octanol–water partition coefficient (Wildman–Crippen LogP) is 2.76. The number of aromatic nitrogens is 2. The number of para-hydroxylation sites is 1. The Morgan fingerprint density at radius 3 is 2.12 bits per heavy atom. The number of anilines is 1. The summed E-state index contributed by atoms with van der Waals surface area (Å²) in [7, 11) is 0. The van der Waals surface area contributed by atoms with Crippen molar-refractivity contribution in [3.63, 3.8) is 0 Å². The van der Waals surface area contributed by atoms with Gasteiger partial charge in [0, 0.05) is 12.2 Å².